The van der Waals surface area contributed by atoms with Gasteiger partial charge < -0.3 is 9.88 Å². The largest absolute Gasteiger partial charge is 0.379 e. The molecule has 0 spiro atoms. The summed E-state index contributed by atoms with van der Waals surface area (Å²) >= 11 is 0. The van der Waals surface area contributed by atoms with Gasteiger partial charge in [0.15, 0.2) is 0 Å². The summed E-state index contributed by atoms with van der Waals surface area (Å²) in [7, 11) is 0. The summed E-state index contributed by atoms with van der Waals surface area (Å²) in [4.78, 5) is 9.85. The van der Waals surface area contributed by atoms with Crippen LogP contribution >= 0.6 is 0 Å². The fourth-order valence-electron chi connectivity index (χ4n) is 6.01. The second kappa shape index (κ2) is 10.6. The molecule has 0 fully saturated rings. The van der Waals surface area contributed by atoms with E-state index in [4.69, 9.17) is 9.97 Å². The number of aromatic nitrogens is 3. The fourth-order valence-corrected chi connectivity index (χ4v) is 6.01. The zero-order chi connectivity index (χ0) is 28.6. The molecule has 1 unspecified atom stereocenters. The number of hydrogen-bond acceptors (Lipinski definition) is 3. The van der Waals surface area contributed by atoms with Gasteiger partial charge in [-0.05, 0) is 83.1 Å². The zero-order valence-electron chi connectivity index (χ0n) is 23.4. The summed E-state index contributed by atoms with van der Waals surface area (Å²) < 4.78 is 2.29. The minimum atomic E-state index is 0.00498. The van der Waals surface area contributed by atoms with Crippen molar-refractivity contribution in [2.75, 3.05) is 0 Å². The first-order valence-corrected chi connectivity index (χ1v) is 14.5. The number of pyridine rings is 2. The Kier molecular flexibility index (Phi) is 6.16. The van der Waals surface area contributed by atoms with Crippen LogP contribution in [0.3, 0.4) is 0 Å². The molecule has 43 heavy (non-hydrogen) atoms. The molecular formula is C39H28N4. The summed E-state index contributed by atoms with van der Waals surface area (Å²) in [5.41, 5.74) is 12.0. The third-order valence-corrected chi connectivity index (χ3v) is 8.10. The number of dihydropyridines is 1. The molecule has 4 aromatic carbocycles. The van der Waals surface area contributed by atoms with Crippen molar-refractivity contribution < 1.29 is 0 Å². The predicted octanol–water partition coefficient (Wildman–Crippen LogP) is 9.29. The van der Waals surface area contributed by atoms with Crippen molar-refractivity contribution in [2.24, 2.45) is 0 Å². The summed E-state index contributed by atoms with van der Waals surface area (Å²) in [6.45, 7) is 0. The van der Waals surface area contributed by atoms with Crippen molar-refractivity contribution in [3.05, 3.63) is 164 Å². The molecule has 7 aromatic rings. The average Bonchev–Trinajstić information content (AvgIpc) is 3.43. The molecule has 4 heterocycles. The van der Waals surface area contributed by atoms with Crippen LogP contribution in [0.2, 0.25) is 0 Å². The van der Waals surface area contributed by atoms with Gasteiger partial charge in [-0.1, -0.05) is 91.0 Å². The third kappa shape index (κ3) is 4.59. The van der Waals surface area contributed by atoms with E-state index in [1.807, 2.05) is 30.6 Å². The molecule has 8 rings (SSSR count). The highest BCUT2D eigenvalue weighted by molar-refractivity contribution is 6.06. The van der Waals surface area contributed by atoms with Crippen LogP contribution in [0.5, 0.6) is 0 Å². The quantitative estimate of drug-likeness (QED) is 0.231. The highest BCUT2D eigenvalue weighted by atomic mass is 15.0. The predicted molar refractivity (Wildman–Crippen MR) is 177 cm³/mol. The molecule has 0 bridgehead atoms. The van der Waals surface area contributed by atoms with Crippen molar-refractivity contribution in [3.63, 3.8) is 0 Å². The lowest BCUT2D eigenvalue weighted by molar-refractivity contribution is 0.722. The van der Waals surface area contributed by atoms with E-state index < -0.39 is 0 Å². The van der Waals surface area contributed by atoms with E-state index in [9.17, 15) is 0 Å². The van der Waals surface area contributed by atoms with Crippen LogP contribution in [-0.2, 0) is 0 Å². The molecule has 0 saturated heterocycles. The molecule has 4 nitrogen and oxygen atoms in total. The Bertz CT molecular complexity index is 2100. The van der Waals surface area contributed by atoms with Gasteiger partial charge in [-0.25, -0.2) is 0 Å². The SMILES string of the molecule is C1=CNC(c2cc(-c3ccc(-n4c5ccccc5c5ncccc54)cc3)cc(-c3cccc(-c4ccccc4)c3)n2)C=C1. The Labute approximate surface area is 250 Å². The summed E-state index contributed by atoms with van der Waals surface area (Å²) in [5.74, 6) is 0. The van der Waals surface area contributed by atoms with E-state index in [1.165, 1.54) is 11.1 Å². The van der Waals surface area contributed by atoms with Crippen LogP contribution in [0, 0.1) is 0 Å². The van der Waals surface area contributed by atoms with Gasteiger partial charge >= 0.3 is 0 Å². The van der Waals surface area contributed by atoms with Crippen molar-refractivity contribution in [3.8, 4) is 39.2 Å². The second-order valence-corrected chi connectivity index (χ2v) is 10.8. The summed E-state index contributed by atoms with van der Waals surface area (Å²) in [6, 6.07) is 45.0. The summed E-state index contributed by atoms with van der Waals surface area (Å²) in [5, 5.41) is 4.61. The molecule has 0 amide bonds. The van der Waals surface area contributed by atoms with Gasteiger partial charge in [0.2, 0.25) is 0 Å². The van der Waals surface area contributed by atoms with Crippen molar-refractivity contribution in [1.82, 2.24) is 19.9 Å². The van der Waals surface area contributed by atoms with Gasteiger partial charge in [0.1, 0.15) is 0 Å². The molecular weight excluding hydrogens is 524 g/mol. The minimum absolute atomic E-state index is 0.00498. The van der Waals surface area contributed by atoms with Crippen LogP contribution in [0.25, 0.3) is 61.1 Å². The molecule has 0 saturated carbocycles. The maximum atomic E-state index is 5.16. The van der Waals surface area contributed by atoms with E-state index >= 15 is 0 Å². The van der Waals surface area contributed by atoms with E-state index in [2.05, 4.69) is 137 Å². The number of benzene rings is 4. The lowest BCUT2D eigenvalue weighted by Gasteiger charge is -2.18. The molecule has 1 N–H and O–H groups in total. The van der Waals surface area contributed by atoms with E-state index in [-0.39, 0.29) is 6.04 Å². The average molecular weight is 553 g/mol. The minimum Gasteiger partial charge on any atom is -0.379 e. The second-order valence-electron chi connectivity index (χ2n) is 10.8. The molecule has 1 atom stereocenters. The number of hydrogen-bond donors (Lipinski definition) is 1. The Hall–Kier alpha value is -5.74. The van der Waals surface area contributed by atoms with Gasteiger partial charge in [-0.15, -0.1) is 0 Å². The van der Waals surface area contributed by atoms with Gasteiger partial charge in [0.05, 0.1) is 34.0 Å². The number of nitrogens with one attached hydrogen (secondary N) is 1. The Balaban J connectivity index is 1.23. The molecule has 204 valence electrons. The fraction of sp³-hybridized carbons (Fsp3) is 0.0256. The van der Waals surface area contributed by atoms with Gasteiger partial charge in [0.25, 0.3) is 0 Å². The zero-order valence-corrected chi connectivity index (χ0v) is 23.4. The number of nitrogens with zero attached hydrogens (tertiary/aromatic N) is 3. The van der Waals surface area contributed by atoms with Crippen molar-refractivity contribution >= 4 is 21.9 Å². The lowest BCUT2D eigenvalue weighted by Crippen LogP contribution is -2.16. The first kappa shape index (κ1) is 25.0. The molecule has 3 aromatic heterocycles. The Morgan fingerprint density at radius 1 is 0.581 bits per heavy atom. The van der Waals surface area contributed by atoms with Crippen molar-refractivity contribution in [2.45, 2.75) is 6.04 Å². The normalized spacial score (nSPS) is 14.3. The van der Waals surface area contributed by atoms with Gasteiger partial charge in [-0.2, -0.15) is 0 Å². The van der Waals surface area contributed by atoms with Gasteiger partial charge in [-0.3, -0.25) is 9.97 Å². The first-order chi connectivity index (χ1) is 21.3. The number of allylic oxidation sites excluding steroid dienone is 2. The van der Waals surface area contributed by atoms with E-state index in [1.54, 1.807) is 0 Å². The third-order valence-electron chi connectivity index (χ3n) is 8.10. The highest BCUT2D eigenvalue weighted by Crippen LogP contribution is 2.34. The monoisotopic (exact) mass is 552 g/mol. The molecule has 1 aliphatic rings. The lowest BCUT2D eigenvalue weighted by atomic mass is 9.97. The van der Waals surface area contributed by atoms with Crippen LogP contribution in [0.4, 0.5) is 0 Å². The standard InChI is InChI=1S/C39H28N4/c1-2-10-27(11-3-1)29-12-8-13-30(24-29)35-25-31(26-36(42-35)34-15-6-7-22-40-34)28-18-20-32(21-19-28)43-37-16-5-4-14-33(37)39-38(43)17-9-23-41-39/h1-26,34,40H. The number of rotatable bonds is 5. The highest BCUT2D eigenvalue weighted by Gasteiger charge is 2.16. The first-order valence-electron chi connectivity index (χ1n) is 14.5. The Morgan fingerprint density at radius 3 is 2.21 bits per heavy atom. The van der Waals surface area contributed by atoms with Crippen LogP contribution < -0.4 is 5.32 Å². The maximum Gasteiger partial charge on any atom is 0.0963 e. The smallest absolute Gasteiger partial charge is 0.0963 e. The number of fused-ring (bicyclic) bond motifs is 3. The Morgan fingerprint density at radius 2 is 1.35 bits per heavy atom. The summed E-state index contributed by atoms with van der Waals surface area (Å²) in [6.07, 6.45) is 10.1. The number of para-hydroxylation sites is 1. The molecule has 0 radical (unpaired) electrons. The maximum absolute atomic E-state index is 5.16. The van der Waals surface area contributed by atoms with Crippen LogP contribution in [0.1, 0.15) is 11.7 Å². The molecule has 1 aliphatic heterocycles. The van der Waals surface area contributed by atoms with E-state index in [0.717, 1.165) is 55.7 Å². The van der Waals surface area contributed by atoms with Crippen LogP contribution in [0.15, 0.2) is 158 Å². The van der Waals surface area contributed by atoms with E-state index in [0.29, 0.717) is 0 Å². The molecule has 0 aliphatic carbocycles. The van der Waals surface area contributed by atoms with Crippen LogP contribution in [-0.4, -0.2) is 14.5 Å². The topological polar surface area (TPSA) is 42.7 Å². The van der Waals surface area contributed by atoms with Gasteiger partial charge in [0, 0.05) is 22.8 Å². The van der Waals surface area contributed by atoms with Crippen molar-refractivity contribution in [1.29, 1.82) is 0 Å². The molecule has 4 heteroatoms.